The SMILES string of the molecule is CC(C)C(N)C(=O)N1C2CCC(C2)C1c1ncc(C2=CC=C(C3=CC=C(c4cnc(C5NC6CCC5C6)[nH]4)CC3)CC2)[nH]1. The van der Waals surface area contributed by atoms with Crippen LogP contribution in [0.3, 0.4) is 0 Å². The lowest BCUT2D eigenvalue weighted by Crippen LogP contribution is -2.50. The molecular formula is C35H45N7O. The van der Waals surface area contributed by atoms with Crippen LogP contribution in [-0.2, 0) is 4.79 Å². The summed E-state index contributed by atoms with van der Waals surface area (Å²) in [6, 6.07) is 0.952. The first-order valence-corrected chi connectivity index (χ1v) is 16.7. The van der Waals surface area contributed by atoms with Crippen LogP contribution in [0.2, 0.25) is 0 Å². The number of imidazole rings is 2. The molecule has 5 N–H and O–H groups in total. The van der Waals surface area contributed by atoms with E-state index in [1.165, 1.54) is 47.2 Å². The van der Waals surface area contributed by atoms with Crippen molar-refractivity contribution in [3.63, 3.8) is 0 Å². The number of hydrogen-bond acceptors (Lipinski definition) is 5. The molecule has 2 aliphatic heterocycles. The van der Waals surface area contributed by atoms with Crippen LogP contribution in [0.4, 0.5) is 0 Å². The molecule has 4 heterocycles. The van der Waals surface area contributed by atoms with Crippen molar-refractivity contribution in [1.82, 2.24) is 30.2 Å². The standard InChI is InChI=1S/C35H45N7O/c1-19(2)30(36)35(43)42-27-14-12-25(16-27)32(42)34-38-18-29(41-34)23-9-5-21(6-10-23)20-3-7-22(8-4-20)28-17-37-33(40-28)31-24-11-13-26(15-24)39-31/h3,5,7,9,17-19,24-27,30-32,39H,4,6,8,10-16,36H2,1-2H3,(H,37,40)(H,38,41). The van der Waals surface area contributed by atoms with Crippen molar-refractivity contribution in [2.45, 2.75) is 108 Å². The molecule has 1 amide bonds. The average Bonchev–Trinajstić information content (AvgIpc) is 3.89. The number of allylic oxidation sites excluding steroid dienone is 8. The molecule has 8 heteroatoms. The van der Waals surface area contributed by atoms with Gasteiger partial charge in [0.2, 0.25) is 5.91 Å². The molecule has 0 radical (unpaired) electrons. The fourth-order valence-electron chi connectivity index (χ4n) is 8.84. The van der Waals surface area contributed by atoms with Gasteiger partial charge in [-0.05, 0) is 104 Å². The second kappa shape index (κ2) is 10.7. The third-order valence-electron chi connectivity index (χ3n) is 11.4. The number of nitrogens with two attached hydrogens (primary N) is 1. The number of hydrogen-bond donors (Lipinski definition) is 4. The molecule has 7 atom stereocenters. The van der Waals surface area contributed by atoms with Crippen molar-refractivity contribution >= 4 is 17.1 Å². The number of carbonyl (C=O) groups is 1. The Morgan fingerprint density at radius 1 is 0.814 bits per heavy atom. The van der Waals surface area contributed by atoms with E-state index in [2.05, 4.69) is 44.5 Å². The molecule has 2 aromatic rings. The van der Waals surface area contributed by atoms with E-state index < -0.39 is 6.04 Å². The van der Waals surface area contributed by atoms with Gasteiger partial charge in [-0.15, -0.1) is 0 Å². The number of aromatic nitrogens is 4. The van der Waals surface area contributed by atoms with Gasteiger partial charge >= 0.3 is 0 Å². The van der Waals surface area contributed by atoms with Crippen LogP contribution >= 0.6 is 0 Å². The van der Waals surface area contributed by atoms with Gasteiger partial charge in [-0.25, -0.2) is 9.97 Å². The lowest BCUT2D eigenvalue weighted by Gasteiger charge is -2.36. The Hall–Kier alpha value is -3.23. The molecule has 4 aliphatic carbocycles. The molecule has 8 nitrogen and oxygen atoms in total. The summed E-state index contributed by atoms with van der Waals surface area (Å²) in [5, 5.41) is 3.76. The first kappa shape index (κ1) is 27.3. The molecule has 2 saturated carbocycles. The topological polar surface area (TPSA) is 116 Å². The van der Waals surface area contributed by atoms with E-state index in [9.17, 15) is 4.79 Å². The minimum absolute atomic E-state index is 0.0176. The summed E-state index contributed by atoms with van der Waals surface area (Å²) in [6.07, 6.45) is 24.5. The highest BCUT2D eigenvalue weighted by molar-refractivity contribution is 5.83. The minimum Gasteiger partial charge on any atom is -0.341 e. The van der Waals surface area contributed by atoms with E-state index in [0.717, 1.165) is 68.2 Å². The second-order valence-electron chi connectivity index (χ2n) is 14.2. The van der Waals surface area contributed by atoms with Crippen LogP contribution in [-0.4, -0.2) is 48.9 Å². The number of amides is 1. The molecule has 2 aromatic heterocycles. The van der Waals surface area contributed by atoms with Crippen LogP contribution in [0.5, 0.6) is 0 Å². The predicted octanol–water partition coefficient (Wildman–Crippen LogP) is 5.89. The highest BCUT2D eigenvalue weighted by atomic mass is 16.2. The number of nitrogens with zero attached hydrogens (tertiary/aromatic N) is 3. The number of carbonyl (C=O) groups excluding carboxylic acids is 1. The summed E-state index contributed by atoms with van der Waals surface area (Å²) in [5.41, 5.74) is 14.1. The van der Waals surface area contributed by atoms with Crippen molar-refractivity contribution in [2.75, 3.05) is 0 Å². The molecule has 2 saturated heterocycles. The number of rotatable bonds is 7. The van der Waals surface area contributed by atoms with Gasteiger partial charge in [0.1, 0.15) is 11.6 Å². The molecule has 226 valence electrons. The molecule has 7 unspecified atom stereocenters. The normalized spacial score (nSPS) is 32.2. The lowest BCUT2D eigenvalue weighted by atomic mass is 9.86. The monoisotopic (exact) mass is 579 g/mol. The van der Waals surface area contributed by atoms with Gasteiger partial charge in [-0.3, -0.25) is 4.79 Å². The Kier molecular flexibility index (Phi) is 6.82. The predicted molar refractivity (Wildman–Crippen MR) is 168 cm³/mol. The zero-order valence-electron chi connectivity index (χ0n) is 25.5. The van der Waals surface area contributed by atoms with Gasteiger partial charge in [0.05, 0.1) is 41.9 Å². The number of H-pyrrole nitrogens is 2. The second-order valence-corrected chi connectivity index (χ2v) is 14.2. The molecule has 6 aliphatic rings. The molecule has 0 aromatic carbocycles. The highest BCUT2D eigenvalue weighted by Gasteiger charge is 2.51. The van der Waals surface area contributed by atoms with Crippen LogP contribution in [0, 0.1) is 17.8 Å². The van der Waals surface area contributed by atoms with Crippen molar-refractivity contribution in [3.05, 3.63) is 70.9 Å². The van der Waals surface area contributed by atoms with E-state index in [0.29, 0.717) is 24.0 Å². The Morgan fingerprint density at radius 3 is 2.00 bits per heavy atom. The van der Waals surface area contributed by atoms with E-state index in [4.69, 9.17) is 15.7 Å². The first-order valence-electron chi connectivity index (χ1n) is 16.7. The van der Waals surface area contributed by atoms with Crippen molar-refractivity contribution < 1.29 is 4.79 Å². The van der Waals surface area contributed by atoms with Gasteiger partial charge < -0.3 is 25.9 Å². The molecule has 4 fully saturated rings. The van der Waals surface area contributed by atoms with Gasteiger partial charge in [-0.2, -0.15) is 0 Å². The van der Waals surface area contributed by atoms with Gasteiger partial charge in [0.15, 0.2) is 0 Å². The lowest BCUT2D eigenvalue weighted by molar-refractivity contribution is -0.138. The fourth-order valence-corrected chi connectivity index (χ4v) is 8.84. The van der Waals surface area contributed by atoms with Crippen molar-refractivity contribution in [1.29, 1.82) is 0 Å². The largest absolute Gasteiger partial charge is 0.341 e. The third-order valence-corrected chi connectivity index (χ3v) is 11.4. The Bertz CT molecular complexity index is 1540. The number of piperidine rings is 2. The minimum atomic E-state index is -0.456. The number of fused-ring (bicyclic) bond motifs is 4. The van der Waals surface area contributed by atoms with Gasteiger partial charge in [0.25, 0.3) is 0 Å². The Morgan fingerprint density at radius 2 is 1.42 bits per heavy atom. The Labute approximate surface area is 254 Å². The number of likely N-dealkylation sites (tertiary alicyclic amines) is 1. The van der Waals surface area contributed by atoms with E-state index in [1.807, 2.05) is 26.2 Å². The third kappa shape index (κ3) is 4.78. The van der Waals surface area contributed by atoms with Crippen LogP contribution in [0.25, 0.3) is 11.1 Å². The number of nitrogens with one attached hydrogen (secondary N) is 3. The van der Waals surface area contributed by atoms with Gasteiger partial charge in [-0.1, -0.05) is 38.2 Å². The van der Waals surface area contributed by atoms with Crippen molar-refractivity contribution in [2.24, 2.45) is 23.5 Å². The zero-order valence-corrected chi connectivity index (χ0v) is 25.5. The van der Waals surface area contributed by atoms with E-state index in [-0.39, 0.29) is 17.9 Å². The maximum atomic E-state index is 13.4. The van der Waals surface area contributed by atoms with E-state index in [1.54, 1.807) is 0 Å². The van der Waals surface area contributed by atoms with E-state index >= 15 is 0 Å². The zero-order chi connectivity index (χ0) is 29.2. The summed E-state index contributed by atoms with van der Waals surface area (Å²) >= 11 is 0. The summed E-state index contributed by atoms with van der Waals surface area (Å²) in [7, 11) is 0. The highest BCUT2D eigenvalue weighted by Crippen LogP contribution is 2.50. The fraction of sp³-hybridized carbons (Fsp3) is 0.571. The van der Waals surface area contributed by atoms with Gasteiger partial charge in [0, 0.05) is 12.1 Å². The molecule has 0 spiro atoms. The van der Waals surface area contributed by atoms with Crippen LogP contribution in [0.1, 0.15) is 113 Å². The molecule has 43 heavy (non-hydrogen) atoms. The summed E-state index contributed by atoms with van der Waals surface area (Å²) in [4.78, 5) is 32.3. The van der Waals surface area contributed by atoms with Crippen LogP contribution < -0.4 is 11.1 Å². The average molecular weight is 580 g/mol. The summed E-state index contributed by atoms with van der Waals surface area (Å²) in [5.74, 6) is 3.46. The molecule has 8 rings (SSSR count). The smallest absolute Gasteiger partial charge is 0.240 e. The molecule has 4 bridgehead atoms. The summed E-state index contributed by atoms with van der Waals surface area (Å²) in [6.45, 7) is 4.05. The van der Waals surface area contributed by atoms with Crippen molar-refractivity contribution in [3.8, 4) is 0 Å². The summed E-state index contributed by atoms with van der Waals surface area (Å²) < 4.78 is 0. The van der Waals surface area contributed by atoms with Crippen LogP contribution in [0.15, 0.2) is 47.8 Å². The quantitative estimate of drug-likeness (QED) is 0.327. The Balaban J connectivity index is 0.954. The first-order chi connectivity index (χ1) is 20.9. The maximum Gasteiger partial charge on any atom is 0.240 e. The molecular weight excluding hydrogens is 534 g/mol. The maximum absolute atomic E-state index is 13.4. The number of aromatic amines is 2.